The normalized spacial score (nSPS) is 12.6. The number of benzene rings is 8. The molecule has 0 heterocycles. The van der Waals surface area contributed by atoms with Crippen molar-refractivity contribution in [2.45, 2.75) is 6.04 Å². The zero-order valence-corrected chi connectivity index (χ0v) is 26.5. The van der Waals surface area contributed by atoms with Crippen LogP contribution in [0.3, 0.4) is 0 Å². The Morgan fingerprint density at radius 2 is 1.08 bits per heavy atom. The molecule has 2 nitrogen and oxygen atoms in total. The van der Waals surface area contributed by atoms with Gasteiger partial charge >= 0.3 is 0 Å². The van der Waals surface area contributed by atoms with Gasteiger partial charge in [0.2, 0.25) is 0 Å². The van der Waals surface area contributed by atoms with Crippen molar-refractivity contribution in [2.75, 3.05) is 0 Å². The van der Waals surface area contributed by atoms with E-state index in [-0.39, 0.29) is 6.04 Å². The van der Waals surface area contributed by atoms with Gasteiger partial charge in [0.1, 0.15) is 5.84 Å². The van der Waals surface area contributed by atoms with Gasteiger partial charge < -0.3 is 5.73 Å². The molecule has 0 aliphatic rings. The van der Waals surface area contributed by atoms with Crippen LogP contribution in [-0.2, 0) is 0 Å². The maximum atomic E-state index is 6.73. The number of hydrogen-bond donors (Lipinski definition) is 1. The summed E-state index contributed by atoms with van der Waals surface area (Å²) >= 11 is 0. The quantitative estimate of drug-likeness (QED) is 0.0825. The molecule has 0 radical (unpaired) electrons. The van der Waals surface area contributed by atoms with Gasteiger partial charge in [0.05, 0.1) is 6.04 Å². The Hall–Kier alpha value is -6.25. The van der Waals surface area contributed by atoms with Crippen LogP contribution in [0.15, 0.2) is 187 Å². The molecule has 8 aromatic carbocycles. The first kappa shape index (κ1) is 29.2. The third-order valence-electron chi connectivity index (χ3n) is 9.16. The first-order valence-corrected chi connectivity index (χ1v) is 16.4. The van der Waals surface area contributed by atoms with Gasteiger partial charge in [-0.3, -0.25) is 4.99 Å². The van der Waals surface area contributed by atoms with E-state index in [1.165, 1.54) is 49.0 Å². The van der Waals surface area contributed by atoms with E-state index < -0.39 is 0 Å². The molecule has 0 saturated carbocycles. The summed E-state index contributed by atoms with van der Waals surface area (Å²) in [4.78, 5) is 5.19. The molecular weight excluding hydrogens is 581 g/mol. The van der Waals surface area contributed by atoms with E-state index in [0.29, 0.717) is 5.84 Å². The lowest BCUT2D eigenvalue weighted by Gasteiger charge is -2.17. The molecule has 0 aromatic heterocycles. The van der Waals surface area contributed by atoms with Crippen LogP contribution in [0.1, 0.15) is 22.7 Å². The van der Waals surface area contributed by atoms with Crippen molar-refractivity contribution in [2.24, 2.45) is 10.7 Å². The Balaban J connectivity index is 1.33. The lowest BCUT2D eigenvalue weighted by molar-refractivity contribution is 0.914. The largest absolute Gasteiger partial charge is 0.383 e. The van der Waals surface area contributed by atoms with Crippen molar-refractivity contribution < 1.29 is 0 Å². The predicted molar refractivity (Wildman–Crippen MR) is 205 cm³/mol. The standard InChI is InChI=1S/C46H34N2/c47-46(35-19-8-3-9-20-35)48-45(37-25-26-40(32-14-4-1-5-15-32)43(31-37)33-16-6-2-7-17-33)29-28-41-39-23-13-11-21-36(39)30-44-38-22-12-10-18-34(38)24-27-42(41)44/h1-31,45H,(H2,47,48)/b29-28+. The van der Waals surface area contributed by atoms with E-state index >= 15 is 0 Å². The summed E-state index contributed by atoms with van der Waals surface area (Å²) in [5.41, 5.74) is 14.6. The third kappa shape index (κ3) is 5.65. The molecule has 0 spiro atoms. The van der Waals surface area contributed by atoms with E-state index in [4.69, 9.17) is 10.7 Å². The van der Waals surface area contributed by atoms with Crippen LogP contribution in [0.5, 0.6) is 0 Å². The lowest BCUT2D eigenvalue weighted by atomic mass is 9.90. The number of hydrogen-bond acceptors (Lipinski definition) is 1. The highest BCUT2D eigenvalue weighted by molar-refractivity contribution is 6.16. The molecule has 1 unspecified atom stereocenters. The van der Waals surface area contributed by atoms with Crippen molar-refractivity contribution in [3.05, 3.63) is 199 Å². The van der Waals surface area contributed by atoms with Crippen molar-refractivity contribution in [1.82, 2.24) is 0 Å². The third-order valence-corrected chi connectivity index (χ3v) is 9.16. The average molecular weight is 615 g/mol. The minimum absolute atomic E-state index is 0.327. The molecule has 0 aliphatic heterocycles. The Kier molecular flexibility index (Phi) is 7.82. The predicted octanol–water partition coefficient (Wildman–Crippen LogP) is 11.6. The van der Waals surface area contributed by atoms with Crippen LogP contribution in [0.25, 0.3) is 60.6 Å². The number of aliphatic imine (C=N–C) groups is 1. The van der Waals surface area contributed by atoms with Gasteiger partial charge in [-0.25, -0.2) is 0 Å². The Morgan fingerprint density at radius 1 is 0.479 bits per heavy atom. The molecule has 0 fully saturated rings. The first-order valence-electron chi connectivity index (χ1n) is 16.4. The first-order chi connectivity index (χ1) is 23.7. The number of fused-ring (bicyclic) bond motifs is 4. The fourth-order valence-electron chi connectivity index (χ4n) is 6.76. The van der Waals surface area contributed by atoms with E-state index in [2.05, 4.69) is 158 Å². The Labute approximate surface area is 281 Å². The summed E-state index contributed by atoms with van der Waals surface area (Å²) in [6.07, 6.45) is 4.46. The second kappa shape index (κ2) is 12.9. The highest BCUT2D eigenvalue weighted by atomic mass is 14.9. The van der Waals surface area contributed by atoms with Gasteiger partial charge in [-0.2, -0.15) is 0 Å². The van der Waals surface area contributed by atoms with Crippen molar-refractivity contribution in [1.29, 1.82) is 0 Å². The van der Waals surface area contributed by atoms with Crippen LogP contribution < -0.4 is 5.73 Å². The van der Waals surface area contributed by atoms with Crippen molar-refractivity contribution >= 4 is 44.2 Å². The van der Waals surface area contributed by atoms with Gasteiger partial charge in [-0.05, 0) is 77.8 Å². The minimum atomic E-state index is -0.327. The van der Waals surface area contributed by atoms with Crippen LogP contribution in [0.4, 0.5) is 0 Å². The number of nitrogens with two attached hydrogens (primary N) is 1. The monoisotopic (exact) mass is 614 g/mol. The molecule has 228 valence electrons. The van der Waals surface area contributed by atoms with Crippen LogP contribution in [0, 0.1) is 0 Å². The second-order valence-corrected chi connectivity index (χ2v) is 12.1. The topological polar surface area (TPSA) is 38.4 Å². The summed E-state index contributed by atoms with van der Waals surface area (Å²) in [7, 11) is 0. The summed E-state index contributed by atoms with van der Waals surface area (Å²) in [5.74, 6) is 0.507. The van der Waals surface area contributed by atoms with Crippen LogP contribution in [-0.4, -0.2) is 5.84 Å². The zero-order valence-electron chi connectivity index (χ0n) is 26.5. The summed E-state index contributed by atoms with van der Waals surface area (Å²) in [5, 5.41) is 7.37. The average Bonchev–Trinajstić information content (AvgIpc) is 3.16. The molecule has 0 amide bonds. The molecule has 8 aromatic rings. The number of rotatable bonds is 7. The minimum Gasteiger partial charge on any atom is -0.383 e. The van der Waals surface area contributed by atoms with Crippen molar-refractivity contribution in [3.63, 3.8) is 0 Å². The molecule has 48 heavy (non-hydrogen) atoms. The van der Waals surface area contributed by atoms with Crippen LogP contribution >= 0.6 is 0 Å². The lowest BCUT2D eigenvalue weighted by Crippen LogP contribution is -2.14. The molecule has 8 rings (SSSR count). The fraction of sp³-hybridized carbons (Fsp3) is 0.0217. The van der Waals surface area contributed by atoms with Crippen LogP contribution in [0.2, 0.25) is 0 Å². The van der Waals surface area contributed by atoms with Gasteiger partial charge in [-0.1, -0.05) is 176 Å². The molecule has 2 heteroatoms. The van der Waals surface area contributed by atoms with Crippen molar-refractivity contribution in [3.8, 4) is 22.3 Å². The highest BCUT2D eigenvalue weighted by Crippen LogP contribution is 2.37. The molecule has 2 N–H and O–H groups in total. The summed E-state index contributed by atoms with van der Waals surface area (Å²) < 4.78 is 0. The summed E-state index contributed by atoms with van der Waals surface area (Å²) in [6, 6.07) is 61.6. The Morgan fingerprint density at radius 3 is 1.81 bits per heavy atom. The SMILES string of the molecule is NC(=NC(/C=C/c1c2ccccc2cc2c1ccc1ccccc12)c1ccc(-c2ccccc2)c(-c2ccccc2)c1)c1ccccc1. The van der Waals surface area contributed by atoms with E-state index in [9.17, 15) is 0 Å². The molecule has 1 atom stereocenters. The van der Waals surface area contributed by atoms with Gasteiger partial charge in [0.15, 0.2) is 0 Å². The molecule has 0 bridgehead atoms. The smallest absolute Gasteiger partial charge is 0.126 e. The molecule has 0 aliphatic carbocycles. The fourth-order valence-corrected chi connectivity index (χ4v) is 6.76. The second-order valence-electron chi connectivity index (χ2n) is 12.1. The Bertz CT molecular complexity index is 2440. The van der Waals surface area contributed by atoms with E-state index in [1.807, 2.05) is 30.3 Å². The highest BCUT2D eigenvalue weighted by Gasteiger charge is 2.15. The van der Waals surface area contributed by atoms with E-state index in [1.54, 1.807) is 0 Å². The maximum Gasteiger partial charge on any atom is 0.126 e. The number of nitrogens with zero attached hydrogens (tertiary/aromatic N) is 1. The van der Waals surface area contributed by atoms with Gasteiger partial charge in [-0.15, -0.1) is 0 Å². The number of amidine groups is 1. The summed E-state index contributed by atoms with van der Waals surface area (Å²) in [6.45, 7) is 0. The maximum absolute atomic E-state index is 6.73. The van der Waals surface area contributed by atoms with E-state index in [0.717, 1.165) is 22.3 Å². The zero-order chi connectivity index (χ0) is 32.3. The molecule has 0 saturated heterocycles. The van der Waals surface area contributed by atoms with Gasteiger partial charge in [0, 0.05) is 5.56 Å². The molecular formula is C46H34N2. The van der Waals surface area contributed by atoms with Gasteiger partial charge in [0.25, 0.3) is 0 Å².